The third-order valence-electron chi connectivity index (χ3n) is 5.92. The molecule has 4 aliphatic carbocycles. The summed E-state index contributed by atoms with van der Waals surface area (Å²) in [6, 6.07) is 0. The van der Waals surface area contributed by atoms with E-state index in [1.807, 2.05) is 0 Å². The van der Waals surface area contributed by atoms with Gasteiger partial charge in [-0.25, -0.2) is 0 Å². The van der Waals surface area contributed by atoms with Crippen LogP contribution in [-0.2, 0) is 0 Å². The Morgan fingerprint density at radius 2 is 1.79 bits per heavy atom. The molecule has 0 aromatic rings. The Balaban J connectivity index is 1.70. The van der Waals surface area contributed by atoms with Crippen LogP contribution in [-0.4, -0.2) is 0 Å². The fourth-order valence-electron chi connectivity index (χ4n) is 4.48. The molecule has 0 aromatic carbocycles. The molecule has 0 aromatic heterocycles. The Morgan fingerprint density at radius 3 is 2.54 bits per heavy atom. The van der Waals surface area contributed by atoms with Gasteiger partial charge in [0.25, 0.3) is 0 Å². The zero-order valence-corrected chi connectivity index (χ0v) is 15.2. The smallest absolute Gasteiger partial charge is 0.0192 e. The maximum atomic E-state index is 2.42. The SMILES string of the molecule is CC(C)(C)C1=CC=C(C2=CC=CC3C=CC4=C(C=CCC4)C23)CC1. The van der Waals surface area contributed by atoms with Crippen LogP contribution in [0.3, 0.4) is 0 Å². The van der Waals surface area contributed by atoms with E-state index in [4.69, 9.17) is 0 Å². The van der Waals surface area contributed by atoms with Crippen LogP contribution >= 0.6 is 0 Å². The summed E-state index contributed by atoms with van der Waals surface area (Å²) in [5.41, 5.74) is 8.09. The summed E-state index contributed by atoms with van der Waals surface area (Å²) in [4.78, 5) is 0. The Labute approximate surface area is 146 Å². The molecule has 2 atom stereocenters. The highest BCUT2D eigenvalue weighted by Crippen LogP contribution is 2.46. The van der Waals surface area contributed by atoms with Crippen molar-refractivity contribution in [2.45, 2.75) is 46.5 Å². The van der Waals surface area contributed by atoms with Crippen LogP contribution in [0.2, 0.25) is 0 Å². The summed E-state index contributed by atoms with van der Waals surface area (Å²) in [6.07, 6.45) is 26.1. The van der Waals surface area contributed by atoms with E-state index in [1.165, 1.54) is 25.7 Å². The molecule has 0 heteroatoms. The molecule has 0 nitrogen and oxygen atoms in total. The van der Waals surface area contributed by atoms with E-state index in [2.05, 4.69) is 75.5 Å². The van der Waals surface area contributed by atoms with Gasteiger partial charge in [0.05, 0.1) is 0 Å². The highest BCUT2D eigenvalue weighted by atomic mass is 14.4. The first kappa shape index (κ1) is 15.7. The van der Waals surface area contributed by atoms with Crippen molar-refractivity contribution in [3.8, 4) is 0 Å². The van der Waals surface area contributed by atoms with Crippen molar-refractivity contribution in [2.75, 3.05) is 0 Å². The average molecular weight is 316 g/mol. The second-order valence-electron chi connectivity index (χ2n) is 8.48. The van der Waals surface area contributed by atoms with E-state index in [0.29, 0.717) is 17.3 Å². The predicted molar refractivity (Wildman–Crippen MR) is 104 cm³/mol. The molecule has 0 saturated heterocycles. The van der Waals surface area contributed by atoms with Gasteiger partial charge >= 0.3 is 0 Å². The molecule has 0 N–H and O–H groups in total. The Hall–Kier alpha value is -1.82. The normalized spacial score (nSPS) is 28.9. The number of hydrogen-bond donors (Lipinski definition) is 0. The summed E-state index contributed by atoms with van der Waals surface area (Å²) in [6.45, 7) is 6.98. The van der Waals surface area contributed by atoms with Crippen molar-refractivity contribution in [1.29, 1.82) is 0 Å². The number of fused-ring (bicyclic) bond motifs is 2. The molecule has 0 radical (unpaired) electrons. The summed E-state index contributed by atoms with van der Waals surface area (Å²) < 4.78 is 0. The third kappa shape index (κ3) is 2.73. The molecular formula is C24H28. The van der Waals surface area contributed by atoms with Gasteiger partial charge in [-0.3, -0.25) is 0 Å². The molecule has 0 heterocycles. The van der Waals surface area contributed by atoms with Crippen molar-refractivity contribution >= 4 is 0 Å². The summed E-state index contributed by atoms with van der Waals surface area (Å²) in [5.74, 6) is 1.06. The first-order valence-electron chi connectivity index (χ1n) is 9.41. The molecule has 0 amide bonds. The number of hydrogen-bond acceptors (Lipinski definition) is 0. The molecule has 24 heavy (non-hydrogen) atoms. The van der Waals surface area contributed by atoms with Gasteiger partial charge in [-0.2, -0.15) is 0 Å². The average Bonchev–Trinajstić information content (AvgIpc) is 2.60. The minimum absolute atomic E-state index is 0.292. The molecule has 4 aliphatic rings. The van der Waals surface area contributed by atoms with Crippen LogP contribution in [0.1, 0.15) is 46.5 Å². The van der Waals surface area contributed by atoms with Gasteiger partial charge in [0.15, 0.2) is 0 Å². The minimum atomic E-state index is 0.292. The van der Waals surface area contributed by atoms with Crippen molar-refractivity contribution in [3.63, 3.8) is 0 Å². The van der Waals surface area contributed by atoms with Crippen LogP contribution < -0.4 is 0 Å². The van der Waals surface area contributed by atoms with Gasteiger partial charge in [0.1, 0.15) is 0 Å². The lowest BCUT2D eigenvalue weighted by Gasteiger charge is -2.36. The van der Waals surface area contributed by atoms with Crippen molar-refractivity contribution in [2.24, 2.45) is 17.3 Å². The zero-order valence-electron chi connectivity index (χ0n) is 15.2. The molecule has 4 rings (SSSR count). The van der Waals surface area contributed by atoms with Crippen molar-refractivity contribution in [1.82, 2.24) is 0 Å². The molecule has 0 spiro atoms. The van der Waals surface area contributed by atoms with E-state index in [-0.39, 0.29) is 0 Å². The van der Waals surface area contributed by atoms with E-state index < -0.39 is 0 Å². The fraction of sp³-hybridized carbons (Fsp3) is 0.417. The number of allylic oxidation sites excluding steroid dienone is 14. The van der Waals surface area contributed by atoms with Gasteiger partial charge in [-0.15, -0.1) is 0 Å². The van der Waals surface area contributed by atoms with Crippen LogP contribution in [0.5, 0.6) is 0 Å². The lowest BCUT2D eigenvalue weighted by Crippen LogP contribution is -2.24. The van der Waals surface area contributed by atoms with E-state index in [1.54, 1.807) is 27.9 Å². The Morgan fingerprint density at radius 1 is 0.917 bits per heavy atom. The first-order valence-corrected chi connectivity index (χ1v) is 9.41. The van der Waals surface area contributed by atoms with Gasteiger partial charge in [0, 0.05) is 11.8 Å². The minimum Gasteiger partial charge on any atom is -0.0839 e. The predicted octanol–water partition coefficient (Wildman–Crippen LogP) is 6.62. The molecular weight excluding hydrogens is 288 g/mol. The second kappa shape index (κ2) is 5.92. The number of rotatable bonds is 1. The van der Waals surface area contributed by atoms with Crippen molar-refractivity contribution < 1.29 is 0 Å². The quantitative estimate of drug-likeness (QED) is 0.509. The molecule has 124 valence electrons. The maximum absolute atomic E-state index is 2.42. The van der Waals surface area contributed by atoms with Crippen molar-refractivity contribution in [3.05, 3.63) is 82.5 Å². The van der Waals surface area contributed by atoms with Crippen LogP contribution in [0, 0.1) is 17.3 Å². The van der Waals surface area contributed by atoms with Crippen LogP contribution in [0.4, 0.5) is 0 Å². The lowest BCUT2D eigenvalue weighted by atomic mass is 9.68. The molecule has 0 aliphatic heterocycles. The topological polar surface area (TPSA) is 0 Å². The fourth-order valence-corrected chi connectivity index (χ4v) is 4.48. The van der Waals surface area contributed by atoms with Crippen LogP contribution in [0.25, 0.3) is 0 Å². The standard InChI is InChI=1S/C24H28/c1-24(2,3)20-15-13-18(14-16-20)22-10-6-8-19-12-11-17-7-4-5-9-21(17)23(19)22/h5-6,8-13,15,19,23H,4,7,14,16H2,1-3H3. The van der Waals surface area contributed by atoms with Gasteiger partial charge < -0.3 is 0 Å². The maximum Gasteiger partial charge on any atom is 0.0192 e. The highest BCUT2D eigenvalue weighted by Gasteiger charge is 2.32. The second-order valence-corrected chi connectivity index (χ2v) is 8.48. The summed E-state index contributed by atoms with van der Waals surface area (Å²) in [5, 5.41) is 0. The summed E-state index contributed by atoms with van der Waals surface area (Å²) in [7, 11) is 0. The molecule has 0 saturated carbocycles. The monoisotopic (exact) mass is 316 g/mol. The molecule has 0 fully saturated rings. The Bertz CT molecular complexity index is 750. The largest absolute Gasteiger partial charge is 0.0839 e. The van der Waals surface area contributed by atoms with Gasteiger partial charge in [-0.1, -0.05) is 81.0 Å². The lowest BCUT2D eigenvalue weighted by molar-refractivity contribution is 0.478. The first-order chi connectivity index (χ1) is 11.5. The van der Waals surface area contributed by atoms with E-state index in [9.17, 15) is 0 Å². The third-order valence-corrected chi connectivity index (χ3v) is 5.92. The van der Waals surface area contributed by atoms with E-state index in [0.717, 1.165) is 0 Å². The Kier molecular flexibility index (Phi) is 3.87. The summed E-state index contributed by atoms with van der Waals surface area (Å²) >= 11 is 0. The van der Waals surface area contributed by atoms with Crippen LogP contribution in [0.15, 0.2) is 82.5 Å². The zero-order chi connectivity index (χ0) is 16.7. The highest BCUT2D eigenvalue weighted by molar-refractivity contribution is 5.54. The molecule has 2 unspecified atom stereocenters. The van der Waals surface area contributed by atoms with Gasteiger partial charge in [-0.05, 0) is 53.4 Å². The van der Waals surface area contributed by atoms with E-state index >= 15 is 0 Å². The van der Waals surface area contributed by atoms with Gasteiger partial charge in [0.2, 0.25) is 0 Å². The molecule has 0 bridgehead atoms.